The molecule has 1 aromatic heterocycles. The quantitative estimate of drug-likeness (QED) is 0.753. The summed E-state index contributed by atoms with van der Waals surface area (Å²) in [7, 11) is -1.63. The molecule has 1 unspecified atom stereocenters. The summed E-state index contributed by atoms with van der Waals surface area (Å²) in [5.41, 5.74) is 0. The lowest BCUT2D eigenvalue weighted by molar-refractivity contribution is 0.127. The van der Waals surface area contributed by atoms with Gasteiger partial charge in [0.05, 0.1) is 11.9 Å². The highest BCUT2D eigenvalue weighted by molar-refractivity contribution is 7.91. The molecule has 1 atom stereocenters. The lowest BCUT2D eigenvalue weighted by Crippen LogP contribution is -2.22. The van der Waals surface area contributed by atoms with Crippen molar-refractivity contribution in [3.8, 4) is 0 Å². The smallest absolute Gasteiger partial charge is 0.227 e. The Morgan fingerprint density at radius 2 is 2.47 bits per heavy atom. The highest BCUT2D eigenvalue weighted by atomic mass is 32.2. The van der Waals surface area contributed by atoms with Crippen LogP contribution in [0, 0.1) is 0 Å². The maximum Gasteiger partial charge on any atom is 0.227 e. The summed E-state index contributed by atoms with van der Waals surface area (Å²) < 4.78 is 30.6. The first-order valence-corrected chi connectivity index (χ1v) is 6.56. The lowest BCUT2D eigenvalue weighted by Gasteiger charge is -2.09. The minimum Gasteiger partial charge on any atom is -0.377 e. The number of nitrogens with zero attached hydrogens (tertiary/aromatic N) is 2. The van der Waals surface area contributed by atoms with Crippen LogP contribution in [0.1, 0.15) is 12.8 Å². The van der Waals surface area contributed by atoms with Crippen molar-refractivity contribution >= 4 is 9.84 Å². The number of hydrogen-bond acceptors (Lipinski definition) is 4. The van der Waals surface area contributed by atoms with Gasteiger partial charge >= 0.3 is 0 Å². The van der Waals surface area contributed by atoms with Crippen molar-refractivity contribution in [3.05, 3.63) is 12.4 Å². The number of aryl methyl sites for hydroxylation is 1. The fraction of sp³-hybridized carbons (Fsp3) is 0.667. The van der Waals surface area contributed by atoms with Crippen molar-refractivity contribution in [2.24, 2.45) is 7.05 Å². The molecule has 5 nitrogen and oxygen atoms in total. The average Bonchev–Trinajstić information content (AvgIpc) is 2.75. The minimum atomic E-state index is -3.30. The van der Waals surface area contributed by atoms with Crippen LogP contribution in [0.4, 0.5) is 0 Å². The highest BCUT2D eigenvalue weighted by Crippen LogP contribution is 2.17. The Balaban J connectivity index is 2.16. The van der Waals surface area contributed by atoms with Gasteiger partial charge in [-0.05, 0) is 12.8 Å². The molecule has 0 aromatic carbocycles. The van der Waals surface area contributed by atoms with Gasteiger partial charge in [-0.1, -0.05) is 0 Å². The second kappa shape index (κ2) is 3.94. The maximum atomic E-state index is 11.9. The molecule has 2 heterocycles. The summed E-state index contributed by atoms with van der Waals surface area (Å²) in [5, 5.41) is 0.123. The molecule has 0 N–H and O–H groups in total. The maximum absolute atomic E-state index is 11.9. The summed E-state index contributed by atoms with van der Waals surface area (Å²) >= 11 is 0. The molecule has 15 heavy (non-hydrogen) atoms. The summed E-state index contributed by atoms with van der Waals surface area (Å²) in [6.07, 6.45) is 4.72. The van der Waals surface area contributed by atoms with Crippen LogP contribution in [0.3, 0.4) is 0 Å². The highest BCUT2D eigenvalue weighted by Gasteiger charge is 2.27. The Morgan fingerprint density at radius 1 is 1.67 bits per heavy atom. The zero-order valence-corrected chi connectivity index (χ0v) is 9.40. The van der Waals surface area contributed by atoms with Crippen molar-refractivity contribution in [3.63, 3.8) is 0 Å². The topological polar surface area (TPSA) is 61.2 Å². The van der Waals surface area contributed by atoms with E-state index in [9.17, 15) is 8.42 Å². The van der Waals surface area contributed by atoms with Crippen LogP contribution < -0.4 is 0 Å². The number of hydrogen-bond donors (Lipinski definition) is 0. The molecule has 1 aliphatic rings. The molecule has 0 amide bonds. The first kappa shape index (κ1) is 10.6. The third kappa shape index (κ3) is 2.21. The normalized spacial score (nSPS) is 22.1. The number of rotatable bonds is 3. The molecular formula is C9H14N2O3S. The Hall–Kier alpha value is -0.880. The predicted octanol–water partition coefficient (Wildman–Crippen LogP) is 0.373. The van der Waals surface area contributed by atoms with Crippen molar-refractivity contribution in [1.29, 1.82) is 0 Å². The lowest BCUT2D eigenvalue weighted by atomic mass is 10.3. The number of ether oxygens (including phenoxy) is 1. The summed E-state index contributed by atoms with van der Waals surface area (Å²) in [4.78, 5) is 3.85. The van der Waals surface area contributed by atoms with Gasteiger partial charge in [0.1, 0.15) is 0 Å². The van der Waals surface area contributed by atoms with Crippen molar-refractivity contribution in [2.75, 3.05) is 12.4 Å². The fourth-order valence-corrected chi connectivity index (χ4v) is 3.37. The first-order chi connectivity index (χ1) is 7.09. The molecule has 0 spiro atoms. The van der Waals surface area contributed by atoms with Crippen molar-refractivity contribution in [1.82, 2.24) is 9.55 Å². The Kier molecular flexibility index (Phi) is 2.79. The average molecular weight is 230 g/mol. The Morgan fingerprint density at radius 3 is 3.00 bits per heavy atom. The van der Waals surface area contributed by atoms with E-state index in [1.165, 1.54) is 10.8 Å². The van der Waals surface area contributed by atoms with E-state index >= 15 is 0 Å². The molecule has 0 aliphatic carbocycles. The SMILES string of the molecule is Cn1ccnc1S(=O)(=O)CC1CCCO1. The molecule has 0 bridgehead atoms. The molecule has 0 saturated carbocycles. The van der Waals surface area contributed by atoms with Gasteiger partial charge in [0.25, 0.3) is 0 Å². The van der Waals surface area contributed by atoms with E-state index < -0.39 is 9.84 Å². The summed E-state index contributed by atoms with van der Waals surface area (Å²) in [6.45, 7) is 0.667. The van der Waals surface area contributed by atoms with Gasteiger partial charge in [-0.3, -0.25) is 0 Å². The van der Waals surface area contributed by atoms with Gasteiger partial charge in [-0.15, -0.1) is 0 Å². The molecule has 1 aromatic rings. The second-order valence-corrected chi connectivity index (χ2v) is 5.67. The van der Waals surface area contributed by atoms with E-state index in [1.807, 2.05) is 0 Å². The largest absolute Gasteiger partial charge is 0.377 e. The van der Waals surface area contributed by atoms with Crippen LogP contribution in [0.25, 0.3) is 0 Å². The van der Waals surface area contributed by atoms with E-state index in [2.05, 4.69) is 4.98 Å². The van der Waals surface area contributed by atoms with Gasteiger partial charge < -0.3 is 9.30 Å². The van der Waals surface area contributed by atoms with Crippen LogP contribution in [0.2, 0.25) is 0 Å². The number of imidazole rings is 1. The van der Waals surface area contributed by atoms with Crippen LogP contribution in [-0.2, 0) is 21.6 Å². The van der Waals surface area contributed by atoms with E-state index in [-0.39, 0.29) is 17.0 Å². The van der Waals surface area contributed by atoms with Gasteiger partial charge in [0.15, 0.2) is 0 Å². The van der Waals surface area contributed by atoms with Crippen LogP contribution in [-0.4, -0.2) is 36.4 Å². The molecule has 84 valence electrons. The van der Waals surface area contributed by atoms with E-state index in [1.54, 1.807) is 13.2 Å². The molecule has 0 radical (unpaired) electrons. The predicted molar refractivity (Wildman–Crippen MR) is 54.2 cm³/mol. The molecule has 6 heteroatoms. The molecular weight excluding hydrogens is 216 g/mol. The van der Waals surface area contributed by atoms with E-state index in [4.69, 9.17) is 4.74 Å². The molecule has 1 saturated heterocycles. The zero-order valence-electron chi connectivity index (χ0n) is 8.59. The number of aromatic nitrogens is 2. The van der Waals surface area contributed by atoms with E-state index in [0.717, 1.165) is 12.8 Å². The minimum absolute atomic E-state index is 0.0395. The van der Waals surface area contributed by atoms with Gasteiger partial charge in [0.2, 0.25) is 15.0 Å². The van der Waals surface area contributed by atoms with Gasteiger partial charge in [0, 0.05) is 26.0 Å². The third-order valence-electron chi connectivity index (χ3n) is 2.48. The van der Waals surface area contributed by atoms with Gasteiger partial charge in [-0.25, -0.2) is 13.4 Å². The number of sulfone groups is 1. The Bertz CT molecular complexity index is 432. The molecule has 2 rings (SSSR count). The van der Waals surface area contributed by atoms with Crippen molar-refractivity contribution < 1.29 is 13.2 Å². The standard InChI is InChI=1S/C9H14N2O3S/c1-11-5-4-10-9(11)15(12,13)7-8-3-2-6-14-8/h4-5,8H,2-3,6-7H2,1H3. The first-order valence-electron chi connectivity index (χ1n) is 4.91. The molecule has 1 fully saturated rings. The van der Waals surface area contributed by atoms with Crippen LogP contribution in [0.5, 0.6) is 0 Å². The van der Waals surface area contributed by atoms with E-state index in [0.29, 0.717) is 6.61 Å². The Labute approximate surface area is 89.0 Å². The second-order valence-electron chi connectivity index (χ2n) is 3.74. The third-order valence-corrected chi connectivity index (χ3v) is 4.24. The summed E-state index contributed by atoms with van der Waals surface area (Å²) in [6, 6.07) is 0. The molecule has 1 aliphatic heterocycles. The monoisotopic (exact) mass is 230 g/mol. The fourth-order valence-electron chi connectivity index (χ4n) is 1.75. The van der Waals surface area contributed by atoms with Crippen LogP contribution >= 0.6 is 0 Å². The summed E-state index contributed by atoms with van der Waals surface area (Å²) in [5.74, 6) is 0.0395. The van der Waals surface area contributed by atoms with Crippen molar-refractivity contribution in [2.45, 2.75) is 24.1 Å². The zero-order chi connectivity index (χ0) is 10.9. The van der Waals surface area contributed by atoms with Crippen LogP contribution in [0.15, 0.2) is 17.6 Å². The van der Waals surface area contributed by atoms with Gasteiger partial charge in [-0.2, -0.15) is 0 Å².